The first kappa shape index (κ1) is 4.90. The molecule has 0 heterocycles. The van der Waals surface area contributed by atoms with Crippen LogP contribution >= 0.6 is 9.39 Å². The molecule has 1 atom stereocenters. The van der Waals surface area contributed by atoms with Crippen molar-refractivity contribution in [1.82, 2.24) is 4.67 Å². The first-order valence-corrected chi connectivity index (χ1v) is 1.77. The molecule has 0 aromatic carbocycles. The average molecular weight is 90.1 g/mol. The second-order valence-electron chi connectivity index (χ2n) is 0.795. The van der Waals surface area contributed by atoms with Crippen LogP contribution in [-0.4, -0.2) is 18.1 Å². The van der Waals surface area contributed by atoms with Gasteiger partial charge in [0.25, 0.3) is 0 Å². The molecule has 0 aliphatic rings. The number of nitrogens with zero attached hydrogens (tertiary/aromatic N) is 1. The highest BCUT2D eigenvalue weighted by Gasteiger charge is 1.64. The van der Waals surface area contributed by atoms with Crippen LogP contribution in [0.5, 0.6) is 0 Å². The Morgan fingerprint density at radius 1 is 2.00 bits per heavy atom. The van der Waals surface area contributed by atoms with Gasteiger partial charge in [-0.25, -0.2) is 0 Å². The van der Waals surface area contributed by atoms with Crippen LogP contribution in [-0.2, 0) is 0 Å². The van der Waals surface area contributed by atoms with Crippen molar-refractivity contribution in [3.05, 3.63) is 0 Å². The van der Waals surface area contributed by atoms with Gasteiger partial charge in [-0.05, 0) is 9.39 Å². The number of hydrogen-bond acceptors (Lipinski definition) is 1. The number of nitrogens with one attached hydrogen (secondary N) is 1. The Labute approximate surface area is 33.9 Å². The molecule has 3 heteroatoms. The van der Waals surface area contributed by atoms with Crippen LogP contribution in [0.4, 0.5) is 0 Å². The molecular weight excluding hydrogens is 83.0 g/mol. The molecule has 0 rings (SSSR count). The molecule has 0 aromatic rings. The van der Waals surface area contributed by atoms with Gasteiger partial charge in [-0.2, -0.15) is 0 Å². The van der Waals surface area contributed by atoms with Crippen LogP contribution in [0.1, 0.15) is 0 Å². The molecule has 5 heavy (non-hydrogen) atoms. The van der Waals surface area contributed by atoms with Gasteiger partial charge in [0, 0.05) is 7.05 Å². The van der Waals surface area contributed by atoms with Crippen molar-refractivity contribution in [1.29, 1.82) is 5.41 Å². The summed E-state index contributed by atoms with van der Waals surface area (Å²) in [6.45, 7) is 0. The van der Waals surface area contributed by atoms with E-state index >= 15 is 0 Å². The van der Waals surface area contributed by atoms with Crippen molar-refractivity contribution in [2.24, 2.45) is 0 Å². The van der Waals surface area contributed by atoms with Gasteiger partial charge in [-0.15, -0.1) is 0 Å². The third-order valence-corrected chi connectivity index (χ3v) is 0.353. The fourth-order valence-corrected chi connectivity index (χ4v) is 0. The highest BCUT2D eigenvalue weighted by Crippen LogP contribution is 1.80. The van der Waals surface area contributed by atoms with E-state index in [2.05, 4.69) is 9.39 Å². The molecule has 0 aliphatic carbocycles. The van der Waals surface area contributed by atoms with E-state index in [1.54, 1.807) is 11.7 Å². The predicted octanol–water partition coefficient (Wildman–Crippen LogP) is 0.315. The van der Waals surface area contributed by atoms with Gasteiger partial charge in [0.1, 0.15) is 0 Å². The Kier molecular flexibility index (Phi) is 2.11. The van der Waals surface area contributed by atoms with Crippen LogP contribution in [0.3, 0.4) is 0 Å². The highest BCUT2D eigenvalue weighted by atomic mass is 31.0. The molecule has 2 nitrogen and oxygen atoms in total. The normalized spacial score (nSPS) is 6.80. The second-order valence-corrected chi connectivity index (χ2v) is 1.61. The minimum Gasteiger partial charge on any atom is -0.351 e. The Hall–Kier alpha value is -0.100. The van der Waals surface area contributed by atoms with Gasteiger partial charge in [-0.3, -0.25) is 5.41 Å². The summed E-state index contributed by atoms with van der Waals surface area (Å²) in [7, 11) is 4.10. The van der Waals surface area contributed by atoms with E-state index in [1.165, 1.54) is 6.34 Å². The van der Waals surface area contributed by atoms with Crippen molar-refractivity contribution in [3.8, 4) is 0 Å². The van der Waals surface area contributed by atoms with E-state index in [4.69, 9.17) is 5.41 Å². The third kappa shape index (κ3) is 3.90. The van der Waals surface area contributed by atoms with E-state index in [0.717, 1.165) is 0 Å². The van der Waals surface area contributed by atoms with Crippen molar-refractivity contribution in [2.75, 3.05) is 7.05 Å². The molecule has 0 radical (unpaired) electrons. The lowest BCUT2D eigenvalue weighted by molar-refractivity contribution is 0.865. The quantitative estimate of drug-likeness (QED) is 0.280. The van der Waals surface area contributed by atoms with Gasteiger partial charge in [0.15, 0.2) is 0 Å². The Balaban J connectivity index is 2.83. The fraction of sp³-hybridized carbons (Fsp3) is 0.500. The van der Waals surface area contributed by atoms with E-state index in [1.807, 2.05) is 0 Å². The molecule has 30 valence electrons. The standard InChI is InChI=1S/C2H7N2P/c1-4(5)2-3/h2-3H,5H2,1H3. The predicted molar refractivity (Wildman–Crippen MR) is 26.3 cm³/mol. The van der Waals surface area contributed by atoms with Crippen molar-refractivity contribution < 1.29 is 0 Å². The average Bonchev–Trinajstić information content (AvgIpc) is 1.38. The van der Waals surface area contributed by atoms with Crippen LogP contribution in [0.2, 0.25) is 0 Å². The molecule has 0 saturated carbocycles. The maximum atomic E-state index is 6.44. The molecule has 0 spiro atoms. The fourth-order valence-electron chi connectivity index (χ4n) is 0. The summed E-state index contributed by atoms with van der Waals surface area (Å²) in [5, 5.41) is 6.44. The maximum Gasteiger partial charge on any atom is 0.0843 e. The van der Waals surface area contributed by atoms with Crippen LogP contribution in [0, 0.1) is 5.41 Å². The lowest BCUT2D eigenvalue weighted by atomic mass is 11.2. The smallest absolute Gasteiger partial charge is 0.0843 e. The Morgan fingerprint density at radius 3 is 2.20 bits per heavy atom. The largest absolute Gasteiger partial charge is 0.351 e. The first-order chi connectivity index (χ1) is 2.27. The van der Waals surface area contributed by atoms with Gasteiger partial charge < -0.3 is 4.67 Å². The van der Waals surface area contributed by atoms with E-state index < -0.39 is 0 Å². The second kappa shape index (κ2) is 2.16. The molecular formula is C2H7N2P. The van der Waals surface area contributed by atoms with Crippen LogP contribution in [0.15, 0.2) is 0 Å². The molecule has 0 fully saturated rings. The zero-order valence-corrected chi connectivity index (χ0v) is 4.26. The van der Waals surface area contributed by atoms with Crippen molar-refractivity contribution in [3.63, 3.8) is 0 Å². The van der Waals surface area contributed by atoms with Gasteiger partial charge in [0.05, 0.1) is 6.34 Å². The number of rotatable bonds is 1. The van der Waals surface area contributed by atoms with Crippen LogP contribution < -0.4 is 0 Å². The first-order valence-electron chi connectivity index (χ1n) is 1.25. The van der Waals surface area contributed by atoms with E-state index in [-0.39, 0.29) is 0 Å². The summed E-state index contributed by atoms with van der Waals surface area (Å²) in [4.78, 5) is 0. The molecule has 1 unspecified atom stereocenters. The molecule has 1 N–H and O–H groups in total. The zero-order valence-electron chi connectivity index (χ0n) is 3.10. The summed E-state index contributed by atoms with van der Waals surface area (Å²) in [5.41, 5.74) is 0. The van der Waals surface area contributed by atoms with Gasteiger partial charge in [-0.1, -0.05) is 0 Å². The van der Waals surface area contributed by atoms with Gasteiger partial charge in [0.2, 0.25) is 0 Å². The SMILES string of the molecule is CN(P)C=N. The highest BCUT2D eigenvalue weighted by molar-refractivity contribution is 7.14. The minimum absolute atomic E-state index is 1.21. The lowest BCUT2D eigenvalue weighted by Gasteiger charge is -1.95. The monoisotopic (exact) mass is 90.0 g/mol. The molecule has 0 aromatic heterocycles. The topological polar surface area (TPSA) is 27.1 Å². The Bertz CT molecular complexity index is 34.6. The molecule has 0 bridgehead atoms. The molecule has 0 saturated heterocycles. The summed E-state index contributed by atoms with van der Waals surface area (Å²) < 4.78 is 1.58. The summed E-state index contributed by atoms with van der Waals surface area (Å²) in [6.07, 6.45) is 1.21. The van der Waals surface area contributed by atoms with Crippen LogP contribution in [0.25, 0.3) is 0 Å². The maximum absolute atomic E-state index is 6.44. The zero-order chi connectivity index (χ0) is 4.28. The Morgan fingerprint density at radius 2 is 2.20 bits per heavy atom. The minimum atomic E-state index is 1.21. The molecule has 0 amide bonds. The van der Waals surface area contributed by atoms with E-state index in [9.17, 15) is 0 Å². The molecule has 0 aliphatic heterocycles. The number of hydrogen-bond donors (Lipinski definition) is 1. The van der Waals surface area contributed by atoms with Gasteiger partial charge >= 0.3 is 0 Å². The third-order valence-electron chi connectivity index (χ3n) is 0.204. The van der Waals surface area contributed by atoms with Crippen molar-refractivity contribution >= 4 is 15.7 Å². The summed E-state index contributed by atoms with van der Waals surface area (Å²) >= 11 is 0. The van der Waals surface area contributed by atoms with E-state index in [0.29, 0.717) is 0 Å². The lowest BCUT2D eigenvalue weighted by Crippen LogP contribution is -1.95. The van der Waals surface area contributed by atoms with Crippen molar-refractivity contribution in [2.45, 2.75) is 0 Å². The summed E-state index contributed by atoms with van der Waals surface area (Å²) in [6, 6.07) is 0. The summed E-state index contributed by atoms with van der Waals surface area (Å²) in [5.74, 6) is 0.